The van der Waals surface area contributed by atoms with Crippen molar-refractivity contribution in [2.75, 3.05) is 6.61 Å². The Balaban J connectivity index is 2.26. The predicted molar refractivity (Wildman–Crippen MR) is 126 cm³/mol. The Hall–Kier alpha value is -2.23. The number of hydrogen-bond donors (Lipinski definition) is 1. The summed E-state index contributed by atoms with van der Waals surface area (Å²) in [4.78, 5) is 11.8. The summed E-state index contributed by atoms with van der Waals surface area (Å²) in [7, 11) is -4.10. The molecule has 1 aromatic heterocycles. The van der Waals surface area contributed by atoms with Crippen LogP contribution in [-0.4, -0.2) is 36.5 Å². The lowest BCUT2D eigenvalue weighted by molar-refractivity contribution is 0.0571. The summed E-state index contributed by atoms with van der Waals surface area (Å²) in [5.74, 6) is 0.348. The summed E-state index contributed by atoms with van der Waals surface area (Å²) < 4.78 is 38.6. The van der Waals surface area contributed by atoms with Gasteiger partial charge in [-0.25, -0.2) is 17.9 Å². The van der Waals surface area contributed by atoms with Gasteiger partial charge in [0.15, 0.2) is 0 Å². The molecule has 0 spiro atoms. The van der Waals surface area contributed by atoms with E-state index >= 15 is 0 Å². The van der Waals surface area contributed by atoms with E-state index in [2.05, 4.69) is 5.10 Å². The standard InChI is InChI=1S/C21H27Cl2N3O5S/c1-5-6-10-30-19-13-17(9-11-32(28,29)25-20(27)31-21(2,3)4)26(24-19)14-15-7-8-16(22)12-18(15)23/h7-9,11-13H,5-6,10,14H2,1-4H3,(H,25,27)/b11-9+. The topological polar surface area (TPSA) is 99.5 Å². The first-order chi connectivity index (χ1) is 14.9. The quantitative estimate of drug-likeness (QED) is 0.469. The summed E-state index contributed by atoms with van der Waals surface area (Å²) in [6, 6.07) is 6.69. The van der Waals surface area contributed by atoms with Gasteiger partial charge in [0, 0.05) is 16.1 Å². The Morgan fingerprint density at radius 2 is 1.97 bits per heavy atom. The predicted octanol–water partition coefficient (Wildman–Crippen LogP) is 5.24. The van der Waals surface area contributed by atoms with Crippen molar-refractivity contribution >= 4 is 45.4 Å². The van der Waals surface area contributed by atoms with Gasteiger partial charge in [0.05, 0.1) is 24.3 Å². The Bertz CT molecular complexity index is 1080. The molecule has 0 unspecified atom stereocenters. The lowest BCUT2D eigenvalue weighted by Gasteiger charge is -2.19. The van der Waals surface area contributed by atoms with Gasteiger partial charge in [-0.3, -0.25) is 4.68 Å². The molecule has 0 atom stereocenters. The molecule has 0 bridgehead atoms. The van der Waals surface area contributed by atoms with Crippen LogP contribution in [-0.2, 0) is 21.3 Å². The fourth-order valence-electron chi connectivity index (χ4n) is 2.48. The van der Waals surface area contributed by atoms with Crippen LogP contribution >= 0.6 is 23.2 Å². The van der Waals surface area contributed by atoms with E-state index in [4.69, 9.17) is 32.7 Å². The molecule has 32 heavy (non-hydrogen) atoms. The molecular formula is C21H27Cl2N3O5S. The molecule has 0 radical (unpaired) electrons. The second kappa shape index (κ2) is 11.1. The first kappa shape index (κ1) is 26.0. The molecule has 0 saturated heterocycles. The van der Waals surface area contributed by atoms with Crippen molar-refractivity contribution in [1.82, 2.24) is 14.5 Å². The van der Waals surface area contributed by atoms with E-state index in [1.807, 2.05) is 11.6 Å². The van der Waals surface area contributed by atoms with Crippen LogP contribution in [0.1, 0.15) is 51.8 Å². The average Bonchev–Trinajstić information content (AvgIpc) is 3.02. The van der Waals surface area contributed by atoms with Crippen LogP contribution in [0.3, 0.4) is 0 Å². The summed E-state index contributed by atoms with van der Waals surface area (Å²) >= 11 is 12.2. The number of unbranched alkanes of at least 4 members (excludes halogenated alkanes) is 1. The van der Waals surface area contributed by atoms with Crippen molar-refractivity contribution in [2.24, 2.45) is 0 Å². The van der Waals surface area contributed by atoms with E-state index in [0.29, 0.717) is 28.2 Å². The molecule has 176 valence electrons. The van der Waals surface area contributed by atoms with Crippen molar-refractivity contribution in [3.8, 4) is 5.88 Å². The van der Waals surface area contributed by atoms with Gasteiger partial charge in [-0.05, 0) is 51.0 Å². The van der Waals surface area contributed by atoms with E-state index < -0.39 is 21.7 Å². The van der Waals surface area contributed by atoms with Crippen molar-refractivity contribution in [1.29, 1.82) is 0 Å². The minimum atomic E-state index is -4.10. The van der Waals surface area contributed by atoms with Gasteiger partial charge in [0.2, 0.25) is 5.88 Å². The summed E-state index contributed by atoms with van der Waals surface area (Å²) in [6.45, 7) is 7.69. The average molecular weight is 504 g/mol. The highest BCUT2D eigenvalue weighted by atomic mass is 35.5. The van der Waals surface area contributed by atoms with Crippen LogP contribution < -0.4 is 9.46 Å². The summed E-state index contributed by atoms with van der Waals surface area (Å²) in [5, 5.41) is 6.22. The molecule has 0 aliphatic heterocycles. The first-order valence-corrected chi connectivity index (χ1v) is 12.3. The molecular weight excluding hydrogens is 477 g/mol. The van der Waals surface area contributed by atoms with Gasteiger partial charge in [0.25, 0.3) is 10.0 Å². The smallest absolute Gasteiger partial charge is 0.421 e. The van der Waals surface area contributed by atoms with Gasteiger partial charge in [-0.2, -0.15) is 0 Å². The second-order valence-corrected chi connectivity index (χ2v) is 10.4. The summed E-state index contributed by atoms with van der Waals surface area (Å²) in [5.41, 5.74) is 0.352. The van der Waals surface area contributed by atoms with Crippen LogP contribution in [0, 0.1) is 0 Å². The van der Waals surface area contributed by atoms with E-state index in [1.165, 1.54) is 6.08 Å². The van der Waals surface area contributed by atoms with Crippen molar-refractivity contribution in [2.45, 2.75) is 52.7 Å². The number of halogens is 2. The van der Waals surface area contributed by atoms with Crippen LogP contribution in [0.5, 0.6) is 5.88 Å². The Morgan fingerprint density at radius 1 is 1.25 bits per heavy atom. The molecule has 0 fully saturated rings. The number of nitrogens with zero attached hydrogens (tertiary/aromatic N) is 2. The number of rotatable bonds is 9. The minimum Gasteiger partial charge on any atom is -0.477 e. The van der Waals surface area contributed by atoms with Crippen LogP contribution in [0.2, 0.25) is 10.0 Å². The molecule has 8 nitrogen and oxygen atoms in total. The van der Waals surface area contributed by atoms with Gasteiger partial charge >= 0.3 is 6.09 Å². The maximum absolute atomic E-state index is 12.3. The molecule has 1 heterocycles. The third kappa shape index (κ3) is 8.72. The SMILES string of the molecule is CCCCOc1cc(/C=C/S(=O)(=O)NC(=O)OC(C)(C)C)n(Cc2ccc(Cl)cc2Cl)n1. The van der Waals surface area contributed by atoms with Crippen LogP contribution in [0.4, 0.5) is 4.79 Å². The highest BCUT2D eigenvalue weighted by Gasteiger charge is 2.20. The molecule has 1 aromatic carbocycles. The summed E-state index contributed by atoms with van der Waals surface area (Å²) in [6.07, 6.45) is 2.07. The van der Waals surface area contributed by atoms with Crippen molar-refractivity contribution in [3.63, 3.8) is 0 Å². The zero-order valence-electron chi connectivity index (χ0n) is 18.4. The lowest BCUT2D eigenvalue weighted by Crippen LogP contribution is -2.35. The van der Waals surface area contributed by atoms with E-state index in [-0.39, 0.29) is 6.54 Å². The second-order valence-electron chi connectivity index (χ2n) is 7.95. The third-order valence-electron chi connectivity index (χ3n) is 3.91. The third-order valence-corrected chi connectivity index (χ3v) is 5.45. The Labute approximate surface area is 198 Å². The molecule has 2 aromatic rings. The van der Waals surface area contributed by atoms with Gasteiger partial charge < -0.3 is 9.47 Å². The highest BCUT2D eigenvalue weighted by molar-refractivity contribution is 7.93. The monoisotopic (exact) mass is 503 g/mol. The zero-order chi connectivity index (χ0) is 23.9. The normalized spacial score (nSPS) is 12.2. The zero-order valence-corrected chi connectivity index (χ0v) is 20.7. The number of carbonyl (C=O) groups excluding carboxylic acids is 1. The largest absolute Gasteiger partial charge is 0.477 e. The highest BCUT2D eigenvalue weighted by Crippen LogP contribution is 2.23. The van der Waals surface area contributed by atoms with E-state index in [9.17, 15) is 13.2 Å². The number of carbonyl (C=O) groups is 1. The minimum absolute atomic E-state index is 0.256. The molecule has 0 saturated carbocycles. The molecule has 0 aliphatic rings. The van der Waals surface area contributed by atoms with Gasteiger partial charge in [-0.15, -0.1) is 5.10 Å². The number of nitrogens with one attached hydrogen (secondary N) is 1. The molecule has 0 aliphatic carbocycles. The number of ether oxygens (including phenoxy) is 2. The fourth-order valence-corrected chi connectivity index (χ4v) is 3.61. The Morgan fingerprint density at radius 3 is 2.59 bits per heavy atom. The van der Waals surface area contributed by atoms with E-state index in [0.717, 1.165) is 23.8 Å². The lowest BCUT2D eigenvalue weighted by atomic mass is 10.2. The number of sulfonamides is 1. The van der Waals surface area contributed by atoms with Crippen LogP contribution in [0.15, 0.2) is 29.7 Å². The number of aromatic nitrogens is 2. The van der Waals surface area contributed by atoms with Crippen LogP contribution in [0.25, 0.3) is 6.08 Å². The number of amides is 1. The first-order valence-electron chi connectivity index (χ1n) is 9.97. The van der Waals surface area contributed by atoms with Crippen molar-refractivity contribution < 1.29 is 22.7 Å². The maximum Gasteiger partial charge on any atom is 0.421 e. The molecule has 11 heteroatoms. The van der Waals surface area contributed by atoms with Crippen molar-refractivity contribution in [3.05, 3.63) is 51.0 Å². The molecule has 2 rings (SSSR count). The maximum atomic E-state index is 12.3. The number of benzene rings is 1. The molecule has 1 amide bonds. The molecule has 1 N–H and O–H groups in total. The Kier molecular flexibility index (Phi) is 9.00. The number of hydrogen-bond acceptors (Lipinski definition) is 6. The van der Waals surface area contributed by atoms with Gasteiger partial charge in [0.1, 0.15) is 5.60 Å². The fraction of sp³-hybridized carbons (Fsp3) is 0.429. The van der Waals surface area contributed by atoms with Gasteiger partial charge in [-0.1, -0.05) is 42.6 Å². The van der Waals surface area contributed by atoms with E-state index in [1.54, 1.807) is 49.7 Å².